The van der Waals surface area contributed by atoms with Crippen molar-refractivity contribution in [3.63, 3.8) is 0 Å². The van der Waals surface area contributed by atoms with Crippen LogP contribution in [0.25, 0.3) is 129 Å². The molecule has 278 valence electrons. The zero-order chi connectivity index (χ0) is 39.3. The van der Waals surface area contributed by atoms with E-state index in [1.165, 1.54) is 101 Å². The van der Waals surface area contributed by atoms with Gasteiger partial charge >= 0.3 is 330 Å². The van der Waals surface area contributed by atoms with Crippen LogP contribution in [0.2, 0.25) is 0 Å². The average Bonchev–Trinajstić information content (AvgIpc) is 3.88. The molecule has 2 heteroatoms. The molecule has 0 amide bonds. The fourth-order valence-corrected chi connectivity index (χ4v) is 12.6. The molecule has 0 aliphatic heterocycles. The fourth-order valence-electron chi connectivity index (χ4n) is 10.2. The van der Waals surface area contributed by atoms with E-state index >= 15 is 0 Å². The minimum atomic E-state index is 0.153. The van der Waals surface area contributed by atoms with E-state index in [2.05, 4.69) is 200 Å². The van der Waals surface area contributed by atoms with Crippen LogP contribution in [0.3, 0.4) is 0 Å². The van der Waals surface area contributed by atoms with Crippen molar-refractivity contribution in [2.24, 2.45) is 0 Å². The zero-order valence-corrected chi connectivity index (χ0v) is 34.2. The Morgan fingerprint density at radius 3 is 1.30 bits per heavy atom. The van der Waals surface area contributed by atoms with E-state index in [-0.39, 0.29) is 14.5 Å². The molecular weight excluding hydrogens is 792 g/mol. The Bertz CT molecular complexity index is 3770. The first-order valence-corrected chi connectivity index (χ1v) is 22.3. The van der Waals surface area contributed by atoms with Gasteiger partial charge in [0, 0.05) is 0 Å². The van der Waals surface area contributed by atoms with Gasteiger partial charge in [0.15, 0.2) is 0 Å². The molecule has 0 aliphatic carbocycles. The van der Waals surface area contributed by atoms with Crippen LogP contribution in [-0.4, -0.2) is 14.5 Å². The number of para-hydroxylation sites is 1. The SMILES string of the molecule is c1ccc(-c2c3ccccc3c(-c3ccc4c(c3)[se]c3cccc(-c5c6ccccc6c(-c6ccc7c(c6)oc6ccccc67)c6ccccc56)c34)c3ccccc23)cc1. The molecule has 0 saturated heterocycles. The first kappa shape index (κ1) is 33.7. The Labute approximate surface area is 352 Å². The van der Waals surface area contributed by atoms with Gasteiger partial charge in [0.25, 0.3) is 0 Å². The summed E-state index contributed by atoms with van der Waals surface area (Å²) in [6.07, 6.45) is 0. The second-order valence-electron chi connectivity index (χ2n) is 15.8. The molecule has 0 unspecified atom stereocenters. The standard InChI is InChI=1S/C58H34OSe/c1-2-15-35(16-3-1)54-40-18-4-6-20-42(40)56(43-21-7-5-19-41(43)54)37-30-32-48-53(34-37)60-52-28-14-26-49(58(48)52)57-46-24-10-8-22-44(46)55(45-23-9-11-25-47(45)57)36-29-31-39-38-17-12-13-27-50(38)59-51(39)33-36/h1-34H. The normalized spacial score (nSPS) is 12.0. The minimum absolute atomic E-state index is 0.153. The molecule has 2 heterocycles. The molecule has 0 radical (unpaired) electrons. The summed E-state index contributed by atoms with van der Waals surface area (Å²) in [7, 11) is 0. The molecule has 0 N–H and O–H groups in total. The number of furan rings is 1. The summed E-state index contributed by atoms with van der Waals surface area (Å²) < 4.78 is 9.30. The maximum atomic E-state index is 6.42. The van der Waals surface area contributed by atoms with Gasteiger partial charge < -0.3 is 0 Å². The van der Waals surface area contributed by atoms with Gasteiger partial charge in [0.1, 0.15) is 0 Å². The van der Waals surface area contributed by atoms with Crippen LogP contribution >= 0.6 is 0 Å². The maximum absolute atomic E-state index is 6.42. The number of hydrogen-bond donors (Lipinski definition) is 0. The first-order chi connectivity index (χ1) is 29.8. The van der Waals surface area contributed by atoms with E-state index in [1.807, 2.05) is 6.07 Å². The quantitative estimate of drug-likeness (QED) is 0.127. The third-order valence-corrected chi connectivity index (χ3v) is 15.0. The van der Waals surface area contributed by atoms with Crippen LogP contribution in [0.1, 0.15) is 0 Å². The number of rotatable bonds is 4. The predicted octanol–water partition coefficient (Wildman–Crippen LogP) is 16.2. The Hall–Kier alpha value is -7.22. The molecule has 13 aromatic rings. The second kappa shape index (κ2) is 13.1. The molecule has 0 atom stereocenters. The van der Waals surface area contributed by atoms with Gasteiger partial charge in [-0.15, -0.1) is 0 Å². The summed E-state index contributed by atoms with van der Waals surface area (Å²) in [6, 6.07) is 76.1. The fraction of sp³-hybridized carbons (Fsp3) is 0. The van der Waals surface area contributed by atoms with E-state index in [0.29, 0.717) is 0 Å². The summed E-state index contributed by atoms with van der Waals surface area (Å²) in [5.74, 6) is 0. The molecule has 13 rings (SSSR count). The number of benzene rings is 11. The third-order valence-electron chi connectivity index (χ3n) is 12.6. The molecule has 0 spiro atoms. The van der Waals surface area contributed by atoms with Crippen molar-refractivity contribution in [1.29, 1.82) is 0 Å². The van der Waals surface area contributed by atoms with E-state index in [1.54, 1.807) is 0 Å². The van der Waals surface area contributed by atoms with Crippen molar-refractivity contribution in [3.05, 3.63) is 206 Å². The predicted molar refractivity (Wildman–Crippen MR) is 257 cm³/mol. The molecule has 0 fully saturated rings. The summed E-state index contributed by atoms with van der Waals surface area (Å²) >= 11 is 0.153. The monoisotopic (exact) mass is 826 g/mol. The van der Waals surface area contributed by atoms with Gasteiger partial charge in [-0.3, -0.25) is 0 Å². The molecule has 60 heavy (non-hydrogen) atoms. The molecule has 1 nitrogen and oxygen atoms in total. The molecule has 2 aromatic heterocycles. The van der Waals surface area contributed by atoms with Gasteiger partial charge in [-0.2, -0.15) is 0 Å². The van der Waals surface area contributed by atoms with E-state index in [4.69, 9.17) is 4.42 Å². The average molecular weight is 826 g/mol. The number of fused-ring (bicyclic) bond motifs is 10. The van der Waals surface area contributed by atoms with Crippen molar-refractivity contribution >= 4 is 98.8 Å². The first-order valence-electron chi connectivity index (χ1n) is 20.6. The van der Waals surface area contributed by atoms with Crippen molar-refractivity contribution in [3.8, 4) is 44.5 Å². The Kier molecular flexibility index (Phi) is 7.39. The van der Waals surface area contributed by atoms with Crippen molar-refractivity contribution in [2.45, 2.75) is 0 Å². The summed E-state index contributed by atoms with van der Waals surface area (Å²) in [6.45, 7) is 0. The van der Waals surface area contributed by atoms with Crippen molar-refractivity contribution < 1.29 is 4.42 Å². The van der Waals surface area contributed by atoms with E-state index in [0.717, 1.165) is 27.5 Å². The molecular formula is C58H34OSe. The second-order valence-corrected chi connectivity index (χ2v) is 18.1. The van der Waals surface area contributed by atoms with Crippen LogP contribution in [0, 0.1) is 0 Å². The van der Waals surface area contributed by atoms with Crippen LogP contribution in [-0.2, 0) is 0 Å². The van der Waals surface area contributed by atoms with Crippen LogP contribution in [0.15, 0.2) is 211 Å². The zero-order valence-electron chi connectivity index (χ0n) is 32.4. The van der Waals surface area contributed by atoms with Crippen LogP contribution in [0.5, 0.6) is 0 Å². The van der Waals surface area contributed by atoms with Crippen molar-refractivity contribution in [2.75, 3.05) is 0 Å². The number of hydrogen-bond acceptors (Lipinski definition) is 1. The molecule has 0 saturated carbocycles. The molecule has 0 bridgehead atoms. The van der Waals surface area contributed by atoms with E-state index in [9.17, 15) is 0 Å². The third kappa shape index (κ3) is 4.93. The van der Waals surface area contributed by atoms with Gasteiger partial charge in [-0.25, -0.2) is 0 Å². The topological polar surface area (TPSA) is 13.1 Å². The summed E-state index contributed by atoms with van der Waals surface area (Å²) in [4.78, 5) is 0. The molecule has 0 aliphatic rings. The van der Waals surface area contributed by atoms with Gasteiger partial charge in [-0.05, 0) is 6.07 Å². The van der Waals surface area contributed by atoms with Gasteiger partial charge in [0.2, 0.25) is 0 Å². The Morgan fingerprint density at radius 1 is 0.267 bits per heavy atom. The van der Waals surface area contributed by atoms with E-state index < -0.39 is 0 Å². The summed E-state index contributed by atoms with van der Waals surface area (Å²) in [5, 5.41) is 15.2. The van der Waals surface area contributed by atoms with Gasteiger partial charge in [-0.1, -0.05) is 18.2 Å². The Morgan fingerprint density at radius 2 is 0.717 bits per heavy atom. The molecule has 11 aromatic carbocycles. The van der Waals surface area contributed by atoms with Crippen LogP contribution < -0.4 is 0 Å². The summed E-state index contributed by atoms with van der Waals surface area (Å²) in [5.41, 5.74) is 12.0. The Balaban J connectivity index is 1.04. The van der Waals surface area contributed by atoms with Crippen LogP contribution in [0.4, 0.5) is 0 Å². The van der Waals surface area contributed by atoms with Crippen molar-refractivity contribution in [1.82, 2.24) is 0 Å². The van der Waals surface area contributed by atoms with Gasteiger partial charge in [0.05, 0.1) is 0 Å².